The van der Waals surface area contributed by atoms with Gasteiger partial charge in [0.1, 0.15) is 0 Å². The Hall–Kier alpha value is -1.64. The highest BCUT2D eigenvalue weighted by Gasteiger charge is 2.30. The van der Waals surface area contributed by atoms with Gasteiger partial charge in [-0.25, -0.2) is 0 Å². The average molecular weight is 378 g/mol. The first-order chi connectivity index (χ1) is 11.8. The molecule has 4 heterocycles. The Bertz CT molecular complexity index is 799. The van der Waals surface area contributed by atoms with Crippen molar-refractivity contribution in [1.29, 1.82) is 0 Å². The molecule has 1 atom stereocenters. The number of aromatic nitrogens is 2. The van der Waals surface area contributed by atoms with E-state index in [-0.39, 0.29) is 11.9 Å². The molecule has 0 radical (unpaired) electrons. The summed E-state index contributed by atoms with van der Waals surface area (Å²) in [4.78, 5) is 16.8. The second-order valence-electron chi connectivity index (χ2n) is 5.40. The molecule has 3 aromatic heterocycles. The van der Waals surface area contributed by atoms with E-state index in [1.165, 1.54) is 16.6 Å². The quantitative estimate of drug-likeness (QED) is 0.620. The Kier molecular flexibility index (Phi) is 4.68. The first-order valence-electron chi connectivity index (χ1n) is 7.64. The predicted molar refractivity (Wildman–Crippen MR) is 96.3 cm³/mol. The molecule has 5 nitrogen and oxygen atoms in total. The van der Waals surface area contributed by atoms with Crippen LogP contribution in [0.2, 0.25) is 0 Å². The van der Waals surface area contributed by atoms with Crippen LogP contribution in [0.25, 0.3) is 10.8 Å². The average Bonchev–Trinajstić information content (AvgIpc) is 3.40. The summed E-state index contributed by atoms with van der Waals surface area (Å²) in [6.45, 7) is 0.826. The van der Waals surface area contributed by atoms with E-state index in [2.05, 4.69) is 21.6 Å². The molecule has 0 N–H and O–H groups in total. The first kappa shape index (κ1) is 15.9. The maximum atomic E-state index is 12.6. The number of hydrogen-bond acceptors (Lipinski definition) is 7. The summed E-state index contributed by atoms with van der Waals surface area (Å²) >= 11 is 4.58. The molecule has 1 aliphatic heterocycles. The summed E-state index contributed by atoms with van der Waals surface area (Å²) in [5.74, 6) is 0.970. The van der Waals surface area contributed by atoms with Gasteiger partial charge in [0.05, 0.1) is 16.7 Å². The van der Waals surface area contributed by atoms with Crippen LogP contribution < -0.4 is 0 Å². The molecule has 0 spiro atoms. The molecule has 0 saturated carbocycles. The third-order valence-corrected chi connectivity index (χ3v) is 6.54. The Morgan fingerprint density at radius 2 is 2.17 bits per heavy atom. The number of carbonyl (C=O) groups excluding carboxylic acids is 1. The van der Waals surface area contributed by atoms with Crippen LogP contribution in [0, 0.1) is 0 Å². The highest BCUT2D eigenvalue weighted by Crippen LogP contribution is 2.35. The van der Waals surface area contributed by atoms with Crippen LogP contribution in [-0.2, 0) is 4.79 Å². The van der Waals surface area contributed by atoms with Crippen molar-refractivity contribution >= 4 is 40.3 Å². The van der Waals surface area contributed by atoms with E-state index in [1.807, 2.05) is 28.5 Å². The summed E-state index contributed by atoms with van der Waals surface area (Å²) in [6.07, 6.45) is 2.10. The lowest BCUT2D eigenvalue weighted by atomic mass is 10.2. The van der Waals surface area contributed by atoms with Gasteiger partial charge in [0.2, 0.25) is 5.91 Å². The summed E-state index contributed by atoms with van der Waals surface area (Å²) in [5, 5.41) is 12.5. The molecular weight excluding hydrogens is 362 g/mol. The van der Waals surface area contributed by atoms with Crippen molar-refractivity contribution in [2.75, 3.05) is 12.3 Å². The van der Waals surface area contributed by atoms with E-state index in [4.69, 9.17) is 4.42 Å². The summed E-state index contributed by atoms with van der Waals surface area (Å²) in [6, 6.07) is 8.26. The number of amides is 1. The van der Waals surface area contributed by atoms with Gasteiger partial charge >= 0.3 is 0 Å². The normalized spacial score (nSPS) is 17.5. The number of carbonyl (C=O) groups is 1. The van der Waals surface area contributed by atoms with Gasteiger partial charge in [0.15, 0.2) is 0 Å². The number of nitrogens with zero attached hydrogens (tertiary/aromatic N) is 3. The smallest absolute Gasteiger partial charge is 0.277 e. The molecule has 8 heteroatoms. The Labute approximate surface area is 151 Å². The zero-order valence-corrected chi connectivity index (χ0v) is 15.2. The number of thioether (sulfide) groups is 1. The molecule has 1 saturated heterocycles. The third-order valence-electron chi connectivity index (χ3n) is 3.90. The molecule has 0 aromatic carbocycles. The lowest BCUT2D eigenvalue weighted by Crippen LogP contribution is -2.31. The van der Waals surface area contributed by atoms with Gasteiger partial charge in [0, 0.05) is 11.4 Å². The topological polar surface area (TPSA) is 59.2 Å². The van der Waals surface area contributed by atoms with Gasteiger partial charge in [-0.15, -0.1) is 32.9 Å². The van der Waals surface area contributed by atoms with Gasteiger partial charge in [-0.2, -0.15) is 0 Å². The molecule has 1 aliphatic rings. The monoisotopic (exact) mass is 377 g/mol. The van der Waals surface area contributed by atoms with Crippen molar-refractivity contribution < 1.29 is 9.21 Å². The van der Waals surface area contributed by atoms with Crippen LogP contribution in [0.3, 0.4) is 0 Å². The van der Waals surface area contributed by atoms with Crippen LogP contribution in [0.1, 0.15) is 23.8 Å². The van der Waals surface area contributed by atoms with Crippen molar-refractivity contribution in [3.63, 3.8) is 0 Å². The van der Waals surface area contributed by atoms with Gasteiger partial charge in [0.25, 0.3) is 11.1 Å². The van der Waals surface area contributed by atoms with Crippen LogP contribution >= 0.6 is 34.4 Å². The lowest BCUT2D eigenvalue weighted by Gasteiger charge is -2.23. The summed E-state index contributed by atoms with van der Waals surface area (Å²) < 4.78 is 5.62. The highest BCUT2D eigenvalue weighted by atomic mass is 32.2. The fourth-order valence-electron chi connectivity index (χ4n) is 2.82. The second kappa shape index (κ2) is 7.08. The third kappa shape index (κ3) is 3.26. The fourth-order valence-corrected chi connectivity index (χ4v) is 4.98. The Morgan fingerprint density at radius 3 is 2.96 bits per heavy atom. The van der Waals surface area contributed by atoms with E-state index < -0.39 is 0 Å². The van der Waals surface area contributed by atoms with Crippen molar-refractivity contribution in [2.45, 2.75) is 24.1 Å². The summed E-state index contributed by atoms with van der Waals surface area (Å²) in [7, 11) is 0. The summed E-state index contributed by atoms with van der Waals surface area (Å²) in [5.41, 5.74) is 0. The molecular formula is C16H15N3O2S3. The standard InChI is InChI=1S/C16H15N3O2S3/c20-14(19-7-1-4-11(19)12-5-2-8-22-12)10-24-16-18-17-15(21-16)13-6-3-9-23-13/h2-3,5-6,8-9,11H,1,4,7,10H2. The first-order valence-corrected chi connectivity index (χ1v) is 10.4. The molecule has 124 valence electrons. The van der Waals surface area contributed by atoms with E-state index in [0.29, 0.717) is 16.9 Å². The number of thiophene rings is 2. The highest BCUT2D eigenvalue weighted by molar-refractivity contribution is 7.99. The van der Waals surface area contributed by atoms with Crippen molar-refractivity contribution in [2.24, 2.45) is 0 Å². The van der Waals surface area contributed by atoms with Crippen molar-refractivity contribution in [3.05, 3.63) is 39.9 Å². The molecule has 0 bridgehead atoms. The second-order valence-corrected chi connectivity index (χ2v) is 8.25. The zero-order chi connectivity index (χ0) is 16.4. The predicted octanol–water partition coefficient (Wildman–Crippen LogP) is 4.32. The van der Waals surface area contributed by atoms with Crippen molar-refractivity contribution in [3.8, 4) is 10.8 Å². The van der Waals surface area contributed by atoms with Gasteiger partial charge in [-0.3, -0.25) is 4.79 Å². The molecule has 1 amide bonds. The number of likely N-dealkylation sites (tertiary alicyclic amines) is 1. The molecule has 4 rings (SSSR count). The number of hydrogen-bond donors (Lipinski definition) is 0. The molecule has 0 aliphatic carbocycles. The zero-order valence-electron chi connectivity index (χ0n) is 12.8. The minimum absolute atomic E-state index is 0.131. The van der Waals surface area contributed by atoms with Gasteiger partial charge < -0.3 is 9.32 Å². The van der Waals surface area contributed by atoms with Gasteiger partial charge in [-0.05, 0) is 35.7 Å². The Balaban J connectivity index is 1.38. The van der Waals surface area contributed by atoms with Crippen LogP contribution in [-0.4, -0.2) is 33.3 Å². The van der Waals surface area contributed by atoms with Crippen LogP contribution in [0.15, 0.2) is 44.7 Å². The molecule has 3 aromatic rings. The van der Waals surface area contributed by atoms with Crippen molar-refractivity contribution in [1.82, 2.24) is 15.1 Å². The molecule has 1 unspecified atom stereocenters. The van der Waals surface area contributed by atoms with E-state index in [1.54, 1.807) is 22.7 Å². The van der Waals surface area contributed by atoms with E-state index >= 15 is 0 Å². The molecule has 1 fully saturated rings. The van der Waals surface area contributed by atoms with E-state index in [9.17, 15) is 4.79 Å². The largest absolute Gasteiger partial charge is 0.410 e. The maximum Gasteiger partial charge on any atom is 0.277 e. The minimum Gasteiger partial charge on any atom is -0.410 e. The van der Waals surface area contributed by atoms with E-state index in [0.717, 1.165) is 24.3 Å². The van der Waals surface area contributed by atoms with Gasteiger partial charge in [-0.1, -0.05) is 23.9 Å². The maximum absolute atomic E-state index is 12.6. The SMILES string of the molecule is O=C(CSc1nnc(-c2cccs2)o1)N1CCCC1c1cccs1. The Morgan fingerprint density at radius 1 is 1.29 bits per heavy atom. The minimum atomic E-state index is 0.131. The fraction of sp³-hybridized carbons (Fsp3) is 0.312. The number of rotatable bonds is 5. The van der Waals surface area contributed by atoms with Crippen LogP contribution in [0.5, 0.6) is 0 Å². The lowest BCUT2D eigenvalue weighted by molar-refractivity contribution is -0.129. The van der Waals surface area contributed by atoms with Crippen LogP contribution in [0.4, 0.5) is 0 Å². The molecule has 24 heavy (non-hydrogen) atoms.